The summed E-state index contributed by atoms with van der Waals surface area (Å²) in [5, 5.41) is 10.7. The molecule has 19 heteroatoms. The Morgan fingerprint density at radius 1 is 0.250 bits per heavy atom. The van der Waals surface area contributed by atoms with Crippen molar-refractivity contribution in [1.82, 2.24) is 0 Å². The zero-order valence-electron chi connectivity index (χ0n) is 71.3. The number of carbonyl (C=O) groups is 4. The highest BCUT2D eigenvalue weighted by Gasteiger charge is 2.31. The van der Waals surface area contributed by atoms with Gasteiger partial charge in [0.1, 0.15) is 19.3 Å². The van der Waals surface area contributed by atoms with Crippen LogP contribution in [0.15, 0.2) is 0 Å². The summed E-state index contributed by atoms with van der Waals surface area (Å²) in [6.45, 7) is 12.0. The Morgan fingerprint density at radius 2 is 0.426 bits per heavy atom. The molecule has 5 atom stereocenters. The summed E-state index contributed by atoms with van der Waals surface area (Å²) in [5.41, 5.74) is 0. The lowest BCUT2D eigenvalue weighted by Crippen LogP contribution is -2.30. The van der Waals surface area contributed by atoms with Crippen LogP contribution in [0.4, 0.5) is 0 Å². The number of phosphoric ester groups is 2. The first-order chi connectivity index (χ1) is 52.2. The number of unbranched alkanes of at least 4 members (excludes halogenated alkanes) is 55. The van der Waals surface area contributed by atoms with Crippen LogP contribution in [0.2, 0.25) is 0 Å². The number of aliphatic hydroxyl groups excluding tert-OH is 1. The van der Waals surface area contributed by atoms with Crippen molar-refractivity contribution in [3.05, 3.63) is 0 Å². The van der Waals surface area contributed by atoms with Gasteiger partial charge in [-0.15, -0.1) is 0 Å². The Morgan fingerprint density at radius 3 is 0.630 bits per heavy atom. The molecule has 3 N–H and O–H groups in total. The van der Waals surface area contributed by atoms with Crippen molar-refractivity contribution >= 4 is 39.5 Å². The van der Waals surface area contributed by atoms with Gasteiger partial charge in [0.2, 0.25) is 0 Å². The van der Waals surface area contributed by atoms with Gasteiger partial charge in [-0.1, -0.05) is 421 Å². The van der Waals surface area contributed by atoms with Gasteiger partial charge >= 0.3 is 39.5 Å². The molecular weight excluding hydrogens is 1400 g/mol. The normalized spacial score (nSPS) is 13.8. The van der Waals surface area contributed by atoms with Crippen molar-refractivity contribution in [3.8, 4) is 0 Å². The van der Waals surface area contributed by atoms with E-state index in [1.807, 2.05) is 0 Å². The summed E-state index contributed by atoms with van der Waals surface area (Å²) >= 11 is 0. The van der Waals surface area contributed by atoms with Crippen molar-refractivity contribution in [2.75, 3.05) is 39.6 Å². The molecule has 0 spiro atoms. The molecule has 0 fully saturated rings. The van der Waals surface area contributed by atoms with Gasteiger partial charge in [0.15, 0.2) is 12.2 Å². The van der Waals surface area contributed by atoms with E-state index in [2.05, 4.69) is 48.5 Å². The molecule has 17 nitrogen and oxygen atoms in total. The standard InChI is InChI=1S/C89H174O17P2/c1-8-9-10-11-12-13-14-15-16-17-18-19-20-21-26-32-37-42-51-58-65-72-88(93)105-84(76-99-86(91)70-63-56-49-41-36-31-27-22-24-29-34-39-46-53-60-67-80(2)3)78-103-107(95,96)101-74-83(90)75-102-108(97,98)104-79-85(77-100-87(92)71-64-57-50-45-44-48-55-62-69-82(6)7)106-89(94)73-66-59-52-43-38-33-28-23-25-30-35-40-47-54-61-68-81(4)5/h80-85,90H,8-79H2,1-7H3,(H,95,96)(H,97,98)/t83-,84-,85-/m1/s1. The minimum atomic E-state index is -4.97. The fraction of sp³-hybridized carbons (Fsp3) is 0.955. The van der Waals surface area contributed by atoms with E-state index >= 15 is 0 Å². The number of ether oxygens (including phenoxy) is 4. The van der Waals surface area contributed by atoms with Gasteiger partial charge in [-0.25, -0.2) is 9.13 Å². The molecule has 0 aliphatic heterocycles. The van der Waals surface area contributed by atoms with Crippen LogP contribution in [-0.2, 0) is 65.4 Å². The van der Waals surface area contributed by atoms with E-state index in [0.717, 1.165) is 108 Å². The molecule has 0 aliphatic rings. The second-order valence-corrected chi connectivity index (χ2v) is 36.3. The molecule has 108 heavy (non-hydrogen) atoms. The Balaban J connectivity index is 5.24. The highest BCUT2D eigenvalue weighted by molar-refractivity contribution is 7.47. The van der Waals surface area contributed by atoms with E-state index in [9.17, 15) is 43.2 Å². The molecule has 0 bridgehead atoms. The molecule has 0 amide bonds. The van der Waals surface area contributed by atoms with Gasteiger partial charge in [-0.3, -0.25) is 37.3 Å². The fourth-order valence-corrected chi connectivity index (χ4v) is 15.5. The number of carbonyl (C=O) groups excluding carboxylic acids is 4. The smallest absolute Gasteiger partial charge is 0.462 e. The van der Waals surface area contributed by atoms with Crippen molar-refractivity contribution < 1.29 is 80.2 Å². The summed E-state index contributed by atoms with van der Waals surface area (Å²) in [6, 6.07) is 0. The third-order valence-electron chi connectivity index (χ3n) is 20.9. The van der Waals surface area contributed by atoms with Crippen molar-refractivity contribution in [2.24, 2.45) is 17.8 Å². The minimum Gasteiger partial charge on any atom is -0.462 e. The number of hydrogen-bond donors (Lipinski definition) is 3. The molecule has 0 saturated heterocycles. The molecule has 0 aromatic rings. The second kappa shape index (κ2) is 78.9. The lowest BCUT2D eigenvalue weighted by molar-refractivity contribution is -0.161. The highest BCUT2D eigenvalue weighted by atomic mass is 31.2. The summed E-state index contributed by atoms with van der Waals surface area (Å²) < 4.78 is 69.0. The van der Waals surface area contributed by atoms with Crippen LogP contribution in [0.25, 0.3) is 0 Å². The van der Waals surface area contributed by atoms with Crippen LogP contribution in [0, 0.1) is 17.8 Å². The van der Waals surface area contributed by atoms with E-state index < -0.39 is 97.5 Å². The predicted molar refractivity (Wildman–Crippen MR) is 446 cm³/mol. The Kier molecular flexibility index (Phi) is 77.5. The maximum atomic E-state index is 13.2. The molecule has 0 heterocycles. The maximum absolute atomic E-state index is 13.2. The average Bonchev–Trinajstić information content (AvgIpc) is 0.899. The zero-order chi connectivity index (χ0) is 79.3. The molecule has 0 aromatic carbocycles. The third kappa shape index (κ3) is 82.1. The Bertz CT molecular complexity index is 2080. The van der Waals surface area contributed by atoms with Crippen molar-refractivity contribution in [2.45, 2.75) is 491 Å². The molecular formula is C89H174O17P2. The second-order valence-electron chi connectivity index (χ2n) is 33.4. The van der Waals surface area contributed by atoms with E-state index in [1.54, 1.807) is 0 Å². The quantitative estimate of drug-likeness (QED) is 0.0222. The lowest BCUT2D eigenvalue weighted by Gasteiger charge is -2.21. The topological polar surface area (TPSA) is 237 Å². The predicted octanol–water partition coefficient (Wildman–Crippen LogP) is 27.3. The van der Waals surface area contributed by atoms with Crippen LogP contribution < -0.4 is 0 Å². The van der Waals surface area contributed by atoms with Crippen LogP contribution >= 0.6 is 15.6 Å². The van der Waals surface area contributed by atoms with E-state index in [-0.39, 0.29) is 25.7 Å². The highest BCUT2D eigenvalue weighted by Crippen LogP contribution is 2.45. The zero-order valence-corrected chi connectivity index (χ0v) is 73.1. The number of aliphatic hydroxyl groups is 1. The van der Waals surface area contributed by atoms with Crippen LogP contribution in [0.3, 0.4) is 0 Å². The largest absolute Gasteiger partial charge is 0.472 e. The van der Waals surface area contributed by atoms with Gasteiger partial charge in [-0.2, -0.15) is 0 Å². The van der Waals surface area contributed by atoms with E-state index in [1.165, 1.54) is 283 Å². The summed E-state index contributed by atoms with van der Waals surface area (Å²) in [5.74, 6) is 0.233. The number of hydrogen-bond acceptors (Lipinski definition) is 15. The first-order valence-corrected chi connectivity index (χ1v) is 48.8. The van der Waals surface area contributed by atoms with Gasteiger partial charge in [-0.05, 0) is 43.4 Å². The first-order valence-electron chi connectivity index (χ1n) is 45.8. The number of esters is 4. The first kappa shape index (κ1) is 106. The third-order valence-corrected chi connectivity index (χ3v) is 22.8. The molecule has 0 rings (SSSR count). The average molecular weight is 1580 g/mol. The van der Waals surface area contributed by atoms with Gasteiger partial charge in [0.25, 0.3) is 0 Å². The molecule has 0 aromatic heterocycles. The van der Waals surface area contributed by atoms with E-state index in [0.29, 0.717) is 25.7 Å². The van der Waals surface area contributed by atoms with Crippen LogP contribution in [0.1, 0.15) is 472 Å². The summed E-state index contributed by atoms with van der Waals surface area (Å²) in [4.78, 5) is 73.3. The number of phosphoric acid groups is 2. The Hall–Kier alpha value is -1.94. The minimum absolute atomic E-state index is 0.107. The SMILES string of the molecule is CCCCCCCCCCCCCCCCCCCCCCCC(=O)O[C@H](COC(=O)CCCCCCCCCCCCCCCCCC(C)C)COP(=O)(O)OC[C@@H](O)COP(=O)(O)OC[C@@H](COC(=O)CCCCCCCCCCC(C)C)OC(=O)CCCCCCCCCCCCCCCCCC(C)C. The number of rotatable bonds is 87. The lowest BCUT2D eigenvalue weighted by atomic mass is 10.0. The van der Waals surface area contributed by atoms with Crippen molar-refractivity contribution in [1.29, 1.82) is 0 Å². The summed E-state index contributed by atoms with van der Waals surface area (Å²) in [7, 11) is -9.93. The van der Waals surface area contributed by atoms with Gasteiger partial charge in [0, 0.05) is 25.7 Å². The van der Waals surface area contributed by atoms with Crippen LogP contribution in [0.5, 0.6) is 0 Å². The summed E-state index contributed by atoms with van der Waals surface area (Å²) in [6.07, 6.45) is 70.9. The van der Waals surface area contributed by atoms with E-state index in [4.69, 9.17) is 37.0 Å². The monoisotopic (exact) mass is 1580 g/mol. The van der Waals surface area contributed by atoms with Gasteiger partial charge < -0.3 is 33.8 Å². The molecule has 642 valence electrons. The van der Waals surface area contributed by atoms with Crippen LogP contribution in [-0.4, -0.2) is 96.7 Å². The fourth-order valence-electron chi connectivity index (χ4n) is 13.9. The van der Waals surface area contributed by atoms with Crippen molar-refractivity contribution in [3.63, 3.8) is 0 Å². The molecule has 0 saturated carbocycles. The Labute approximate surface area is 664 Å². The molecule has 0 aliphatic carbocycles. The molecule has 0 radical (unpaired) electrons. The van der Waals surface area contributed by atoms with Gasteiger partial charge in [0.05, 0.1) is 26.4 Å². The molecule has 2 unspecified atom stereocenters. The maximum Gasteiger partial charge on any atom is 0.472 e.